The molecule has 3 nitrogen and oxygen atoms in total. The highest BCUT2D eigenvalue weighted by Gasteiger charge is 2.19. The van der Waals surface area contributed by atoms with Crippen molar-refractivity contribution >= 4 is 21.4 Å². The molecule has 0 N–H and O–H groups in total. The van der Waals surface area contributed by atoms with Gasteiger partial charge in [0.1, 0.15) is 16.5 Å². The first-order valence-corrected chi connectivity index (χ1v) is 6.97. The summed E-state index contributed by atoms with van der Waals surface area (Å²) in [7, 11) is -3.80. The fourth-order valence-corrected chi connectivity index (χ4v) is 2.46. The van der Waals surface area contributed by atoms with E-state index in [0.717, 1.165) is 12.1 Å². The lowest BCUT2D eigenvalue weighted by Gasteiger charge is -2.06. The molecule has 0 atom stereocenters. The minimum absolute atomic E-state index is 0.0775. The second-order valence-corrected chi connectivity index (χ2v) is 5.65. The van der Waals surface area contributed by atoms with Crippen LogP contribution in [0.1, 0.15) is 0 Å². The SMILES string of the molecule is O=S(=O)(CCOCCCl)c1ccc(F)cc1F. The normalized spacial score (nSPS) is 11.7. The quantitative estimate of drug-likeness (QED) is 0.456. The summed E-state index contributed by atoms with van der Waals surface area (Å²) in [6.07, 6.45) is 0. The lowest BCUT2D eigenvalue weighted by atomic mass is 10.3. The van der Waals surface area contributed by atoms with Crippen LogP contribution in [0, 0.1) is 11.6 Å². The van der Waals surface area contributed by atoms with Crippen LogP contribution in [0.2, 0.25) is 0 Å². The molecular weight excluding hydrogens is 274 g/mol. The smallest absolute Gasteiger partial charge is 0.183 e. The van der Waals surface area contributed by atoms with Gasteiger partial charge in [-0.05, 0) is 12.1 Å². The van der Waals surface area contributed by atoms with Gasteiger partial charge in [-0.2, -0.15) is 0 Å². The Kier molecular flexibility index (Phi) is 5.30. The van der Waals surface area contributed by atoms with E-state index in [0.29, 0.717) is 6.07 Å². The van der Waals surface area contributed by atoms with E-state index in [4.69, 9.17) is 16.3 Å². The average Bonchev–Trinajstić information content (AvgIpc) is 2.24. The molecule has 1 rings (SSSR count). The van der Waals surface area contributed by atoms with Crippen molar-refractivity contribution < 1.29 is 21.9 Å². The minimum Gasteiger partial charge on any atom is -0.379 e. The first-order valence-electron chi connectivity index (χ1n) is 4.79. The van der Waals surface area contributed by atoms with E-state index in [1.807, 2.05) is 0 Å². The molecule has 0 unspecified atom stereocenters. The highest BCUT2D eigenvalue weighted by molar-refractivity contribution is 7.91. The number of alkyl halides is 1. The average molecular weight is 285 g/mol. The van der Waals surface area contributed by atoms with E-state index in [9.17, 15) is 17.2 Å². The predicted octanol–water partition coefficient (Wildman–Crippen LogP) is 1.99. The van der Waals surface area contributed by atoms with Crippen molar-refractivity contribution in [3.05, 3.63) is 29.8 Å². The van der Waals surface area contributed by atoms with Crippen LogP contribution >= 0.6 is 11.6 Å². The first kappa shape index (κ1) is 14.3. The van der Waals surface area contributed by atoms with E-state index in [2.05, 4.69) is 0 Å². The second kappa shape index (κ2) is 6.28. The van der Waals surface area contributed by atoms with Crippen LogP contribution in [0.15, 0.2) is 23.1 Å². The Bertz CT molecular complexity index is 476. The van der Waals surface area contributed by atoms with Crippen molar-refractivity contribution in [3.63, 3.8) is 0 Å². The van der Waals surface area contributed by atoms with Gasteiger partial charge in [0.25, 0.3) is 0 Å². The van der Waals surface area contributed by atoms with E-state index in [1.165, 1.54) is 0 Å². The molecule has 0 radical (unpaired) electrons. The molecule has 0 aliphatic rings. The Hall–Kier alpha value is -0.720. The molecule has 1 aromatic carbocycles. The summed E-state index contributed by atoms with van der Waals surface area (Å²) in [4.78, 5) is -0.520. The van der Waals surface area contributed by atoms with Crippen LogP contribution in [0.25, 0.3) is 0 Å². The second-order valence-electron chi connectivity index (χ2n) is 3.19. The monoisotopic (exact) mass is 284 g/mol. The summed E-state index contributed by atoms with van der Waals surface area (Å²) in [6, 6.07) is 2.34. The van der Waals surface area contributed by atoms with Crippen LogP contribution in [-0.2, 0) is 14.6 Å². The lowest BCUT2D eigenvalue weighted by molar-refractivity contribution is 0.165. The van der Waals surface area contributed by atoms with E-state index < -0.39 is 26.4 Å². The topological polar surface area (TPSA) is 43.4 Å². The maximum absolute atomic E-state index is 13.2. The van der Waals surface area contributed by atoms with Crippen LogP contribution in [0.4, 0.5) is 8.78 Å². The van der Waals surface area contributed by atoms with Gasteiger partial charge < -0.3 is 4.74 Å². The van der Waals surface area contributed by atoms with Gasteiger partial charge in [-0.25, -0.2) is 17.2 Å². The van der Waals surface area contributed by atoms with Gasteiger partial charge in [0.15, 0.2) is 9.84 Å². The molecule has 7 heteroatoms. The number of hydrogen-bond acceptors (Lipinski definition) is 3. The van der Waals surface area contributed by atoms with Gasteiger partial charge in [-0.3, -0.25) is 0 Å². The minimum atomic E-state index is -3.80. The van der Waals surface area contributed by atoms with Gasteiger partial charge in [0.2, 0.25) is 0 Å². The third kappa shape index (κ3) is 4.22. The molecule has 0 saturated heterocycles. The number of sulfone groups is 1. The largest absolute Gasteiger partial charge is 0.379 e. The van der Waals surface area contributed by atoms with Crippen molar-refractivity contribution in [1.29, 1.82) is 0 Å². The molecule has 17 heavy (non-hydrogen) atoms. The summed E-state index contributed by atoms with van der Waals surface area (Å²) in [5.41, 5.74) is 0. The van der Waals surface area contributed by atoms with Crippen molar-refractivity contribution in [2.45, 2.75) is 4.90 Å². The Morgan fingerprint density at radius 3 is 2.53 bits per heavy atom. The number of halogens is 3. The van der Waals surface area contributed by atoms with Gasteiger partial charge in [0, 0.05) is 11.9 Å². The van der Waals surface area contributed by atoms with Crippen molar-refractivity contribution in [1.82, 2.24) is 0 Å². The van der Waals surface area contributed by atoms with Gasteiger partial charge in [0.05, 0.1) is 19.0 Å². The Morgan fingerprint density at radius 1 is 1.24 bits per heavy atom. The molecule has 0 saturated carbocycles. The third-order valence-corrected chi connectivity index (χ3v) is 3.81. The predicted molar refractivity (Wildman–Crippen MR) is 59.9 cm³/mol. The zero-order valence-electron chi connectivity index (χ0n) is 8.83. The van der Waals surface area contributed by atoms with Crippen molar-refractivity contribution in [3.8, 4) is 0 Å². The summed E-state index contributed by atoms with van der Waals surface area (Å²) in [5.74, 6) is -2.03. The molecule has 0 spiro atoms. The van der Waals surface area contributed by atoms with Crippen molar-refractivity contribution in [2.75, 3.05) is 24.8 Å². The van der Waals surface area contributed by atoms with Crippen molar-refractivity contribution in [2.24, 2.45) is 0 Å². The molecular formula is C10H11ClF2O3S. The summed E-state index contributed by atoms with van der Waals surface area (Å²) in [5, 5.41) is 0. The number of rotatable bonds is 6. The fourth-order valence-electron chi connectivity index (χ4n) is 1.16. The van der Waals surface area contributed by atoms with Gasteiger partial charge in [-0.1, -0.05) is 0 Å². The molecule has 0 heterocycles. The number of ether oxygens (including phenoxy) is 1. The van der Waals surface area contributed by atoms with Gasteiger partial charge in [-0.15, -0.1) is 11.6 Å². The third-order valence-electron chi connectivity index (χ3n) is 1.95. The Morgan fingerprint density at radius 2 is 1.94 bits per heavy atom. The first-order chi connectivity index (χ1) is 7.97. The highest BCUT2D eigenvalue weighted by atomic mass is 35.5. The molecule has 0 aliphatic heterocycles. The fraction of sp³-hybridized carbons (Fsp3) is 0.400. The van der Waals surface area contributed by atoms with Crippen LogP contribution in [-0.4, -0.2) is 33.3 Å². The van der Waals surface area contributed by atoms with Gasteiger partial charge >= 0.3 is 0 Å². The Balaban J connectivity index is 2.76. The van der Waals surface area contributed by atoms with E-state index in [1.54, 1.807) is 0 Å². The van der Waals surface area contributed by atoms with E-state index >= 15 is 0 Å². The highest BCUT2D eigenvalue weighted by Crippen LogP contribution is 2.16. The zero-order valence-corrected chi connectivity index (χ0v) is 10.4. The molecule has 96 valence electrons. The molecule has 1 aromatic rings. The zero-order chi connectivity index (χ0) is 12.9. The maximum atomic E-state index is 13.2. The molecule has 0 aromatic heterocycles. The molecule has 0 amide bonds. The summed E-state index contributed by atoms with van der Waals surface area (Å²) in [6.45, 7) is 0.148. The molecule has 0 fully saturated rings. The number of hydrogen-bond donors (Lipinski definition) is 0. The van der Waals surface area contributed by atoms with E-state index in [-0.39, 0.29) is 24.8 Å². The molecule has 0 aliphatic carbocycles. The van der Waals surface area contributed by atoms with Crippen LogP contribution < -0.4 is 0 Å². The van der Waals surface area contributed by atoms with Crippen LogP contribution in [0.5, 0.6) is 0 Å². The molecule has 0 bridgehead atoms. The maximum Gasteiger partial charge on any atom is 0.183 e. The summed E-state index contributed by atoms with van der Waals surface area (Å²) < 4.78 is 54.1. The Labute approximate surface area is 103 Å². The van der Waals surface area contributed by atoms with Crippen LogP contribution in [0.3, 0.4) is 0 Å². The summed E-state index contributed by atoms with van der Waals surface area (Å²) >= 11 is 5.34. The standard InChI is InChI=1S/C10H11ClF2O3S/c11-3-4-16-5-6-17(14,15)10-2-1-8(12)7-9(10)13/h1-2,7H,3-6H2. The number of benzene rings is 1. The lowest BCUT2D eigenvalue weighted by Crippen LogP contribution is -2.14.